The Labute approximate surface area is 152 Å². The van der Waals surface area contributed by atoms with Crippen molar-refractivity contribution >= 4 is 5.96 Å². The van der Waals surface area contributed by atoms with E-state index in [1.807, 2.05) is 6.92 Å². The fraction of sp³-hybridized carbons (Fsp3) is 0.650. The molecule has 1 aliphatic heterocycles. The van der Waals surface area contributed by atoms with Gasteiger partial charge in [-0.15, -0.1) is 0 Å². The van der Waals surface area contributed by atoms with Gasteiger partial charge in [-0.1, -0.05) is 24.3 Å². The van der Waals surface area contributed by atoms with Crippen molar-refractivity contribution in [3.63, 3.8) is 0 Å². The molecule has 0 saturated carbocycles. The number of hydrogen-bond acceptors (Lipinski definition) is 3. The molecule has 1 heterocycles. The van der Waals surface area contributed by atoms with Gasteiger partial charge in [0.2, 0.25) is 0 Å². The molecule has 5 nitrogen and oxygen atoms in total. The van der Waals surface area contributed by atoms with E-state index in [1.54, 1.807) is 0 Å². The second kappa shape index (κ2) is 11.1. The van der Waals surface area contributed by atoms with Crippen LogP contribution in [0, 0.1) is 0 Å². The highest BCUT2D eigenvalue weighted by Crippen LogP contribution is 2.15. The van der Waals surface area contributed by atoms with E-state index in [9.17, 15) is 0 Å². The Morgan fingerprint density at radius 1 is 1.12 bits per heavy atom. The number of aliphatic imine (C=N–C) groups is 1. The molecule has 1 fully saturated rings. The molecule has 1 aliphatic rings. The molecule has 1 saturated heterocycles. The largest absolute Gasteiger partial charge is 0.378 e. The number of likely N-dealkylation sites (tertiary alicyclic amines) is 1. The lowest BCUT2D eigenvalue weighted by Gasteiger charge is -2.34. The van der Waals surface area contributed by atoms with Crippen LogP contribution >= 0.6 is 0 Å². The highest BCUT2D eigenvalue weighted by atomic mass is 16.5. The highest BCUT2D eigenvalue weighted by Gasteiger charge is 2.21. The summed E-state index contributed by atoms with van der Waals surface area (Å²) in [4.78, 5) is 7.23. The molecule has 0 unspecified atom stereocenters. The zero-order valence-electron chi connectivity index (χ0n) is 16.0. The summed E-state index contributed by atoms with van der Waals surface area (Å²) in [6.07, 6.45) is 2.54. The maximum atomic E-state index is 5.75. The summed E-state index contributed by atoms with van der Waals surface area (Å²) in [5.41, 5.74) is 2.45. The molecule has 0 aliphatic carbocycles. The zero-order chi connectivity index (χ0) is 17.9. The van der Waals surface area contributed by atoms with Crippen molar-refractivity contribution in [2.75, 3.05) is 32.8 Å². The van der Waals surface area contributed by atoms with Gasteiger partial charge in [-0.3, -0.25) is 0 Å². The van der Waals surface area contributed by atoms with E-state index in [0.717, 1.165) is 51.6 Å². The van der Waals surface area contributed by atoms with Crippen molar-refractivity contribution in [3.8, 4) is 0 Å². The van der Waals surface area contributed by atoms with Crippen LogP contribution in [0.4, 0.5) is 0 Å². The Bertz CT molecular complexity index is 525. The standard InChI is InChI=1S/C20H33N3O2/c1-4-21-20(23-13-11-19(12-14-23)25-6-3)22-15-17-9-7-8-10-18(17)16-24-5-2/h7-10,19H,4-6,11-16H2,1-3H3,(H,21,22). The molecular formula is C20H33N3O2. The lowest BCUT2D eigenvalue weighted by Crippen LogP contribution is -2.47. The number of ether oxygens (including phenoxy) is 2. The maximum Gasteiger partial charge on any atom is 0.194 e. The fourth-order valence-corrected chi connectivity index (χ4v) is 3.12. The monoisotopic (exact) mass is 347 g/mol. The third-order valence-corrected chi connectivity index (χ3v) is 4.46. The van der Waals surface area contributed by atoms with Crippen LogP contribution in [-0.2, 0) is 22.6 Å². The molecule has 1 aromatic rings. The summed E-state index contributed by atoms with van der Waals surface area (Å²) < 4.78 is 11.3. The highest BCUT2D eigenvalue weighted by molar-refractivity contribution is 5.80. The number of nitrogens with one attached hydrogen (secondary N) is 1. The minimum Gasteiger partial charge on any atom is -0.378 e. The SMILES string of the molecule is CCNC(=NCc1ccccc1COCC)N1CCC(OCC)CC1. The van der Waals surface area contributed by atoms with Gasteiger partial charge in [0.05, 0.1) is 19.3 Å². The molecule has 0 spiro atoms. The van der Waals surface area contributed by atoms with Gasteiger partial charge in [0.25, 0.3) is 0 Å². The number of piperidine rings is 1. The lowest BCUT2D eigenvalue weighted by molar-refractivity contribution is 0.0263. The van der Waals surface area contributed by atoms with Crippen LogP contribution in [0.3, 0.4) is 0 Å². The van der Waals surface area contributed by atoms with E-state index in [-0.39, 0.29) is 0 Å². The van der Waals surface area contributed by atoms with Crippen molar-refractivity contribution in [3.05, 3.63) is 35.4 Å². The van der Waals surface area contributed by atoms with Crippen molar-refractivity contribution in [2.45, 2.75) is 52.9 Å². The Hall–Kier alpha value is -1.59. The van der Waals surface area contributed by atoms with Gasteiger partial charge in [0.15, 0.2) is 5.96 Å². The summed E-state index contributed by atoms with van der Waals surface area (Å²) in [6.45, 7) is 11.9. The Balaban J connectivity index is 2.00. The molecule has 0 bridgehead atoms. The van der Waals surface area contributed by atoms with Crippen molar-refractivity contribution in [2.24, 2.45) is 4.99 Å². The third-order valence-electron chi connectivity index (χ3n) is 4.46. The van der Waals surface area contributed by atoms with E-state index in [4.69, 9.17) is 14.5 Å². The first-order chi connectivity index (χ1) is 12.3. The molecule has 0 atom stereocenters. The van der Waals surface area contributed by atoms with Gasteiger partial charge in [-0.05, 0) is 44.7 Å². The second-order valence-corrected chi connectivity index (χ2v) is 6.22. The minimum absolute atomic E-state index is 0.399. The molecule has 2 rings (SSSR count). The maximum absolute atomic E-state index is 5.75. The van der Waals surface area contributed by atoms with E-state index < -0.39 is 0 Å². The number of guanidine groups is 1. The normalized spacial score (nSPS) is 16.3. The summed E-state index contributed by atoms with van der Waals surface area (Å²) in [5.74, 6) is 1.00. The molecule has 1 aromatic carbocycles. The molecule has 5 heteroatoms. The molecule has 25 heavy (non-hydrogen) atoms. The molecule has 0 aromatic heterocycles. The van der Waals surface area contributed by atoms with Gasteiger partial charge in [-0.25, -0.2) is 4.99 Å². The predicted octanol–water partition coefficient (Wildman–Crippen LogP) is 3.19. The molecular weight excluding hydrogens is 314 g/mol. The van der Waals surface area contributed by atoms with E-state index in [2.05, 4.69) is 48.3 Å². The molecule has 140 valence electrons. The first-order valence-corrected chi connectivity index (χ1v) is 9.57. The van der Waals surface area contributed by atoms with Crippen LogP contribution < -0.4 is 5.32 Å². The topological polar surface area (TPSA) is 46.1 Å². The van der Waals surface area contributed by atoms with Crippen LogP contribution in [0.5, 0.6) is 0 Å². The third kappa shape index (κ3) is 6.33. The van der Waals surface area contributed by atoms with Gasteiger partial charge >= 0.3 is 0 Å². The molecule has 1 N–H and O–H groups in total. The van der Waals surface area contributed by atoms with Crippen molar-refractivity contribution in [1.29, 1.82) is 0 Å². The van der Waals surface area contributed by atoms with Crippen LogP contribution in [0.1, 0.15) is 44.7 Å². The predicted molar refractivity (Wildman–Crippen MR) is 103 cm³/mol. The van der Waals surface area contributed by atoms with Gasteiger partial charge in [-0.2, -0.15) is 0 Å². The summed E-state index contributed by atoms with van der Waals surface area (Å²) in [7, 11) is 0. The van der Waals surface area contributed by atoms with Gasteiger partial charge in [0, 0.05) is 32.8 Å². The van der Waals surface area contributed by atoms with Gasteiger partial charge in [0.1, 0.15) is 0 Å². The minimum atomic E-state index is 0.399. The fourth-order valence-electron chi connectivity index (χ4n) is 3.12. The van der Waals surface area contributed by atoms with Gasteiger partial charge < -0.3 is 19.7 Å². The number of nitrogens with zero attached hydrogens (tertiary/aromatic N) is 2. The quantitative estimate of drug-likeness (QED) is 0.579. The van der Waals surface area contributed by atoms with Crippen LogP contribution in [0.2, 0.25) is 0 Å². The van der Waals surface area contributed by atoms with Crippen LogP contribution in [0.15, 0.2) is 29.3 Å². The first-order valence-electron chi connectivity index (χ1n) is 9.57. The first kappa shape index (κ1) is 19.7. The average molecular weight is 348 g/mol. The zero-order valence-corrected chi connectivity index (χ0v) is 16.0. The summed E-state index contributed by atoms with van der Waals surface area (Å²) >= 11 is 0. The van der Waals surface area contributed by atoms with E-state index >= 15 is 0 Å². The molecule has 0 amide bonds. The second-order valence-electron chi connectivity index (χ2n) is 6.22. The van der Waals surface area contributed by atoms with Crippen molar-refractivity contribution in [1.82, 2.24) is 10.2 Å². The van der Waals surface area contributed by atoms with Crippen LogP contribution in [-0.4, -0.2) is 49.8 Å². The molecule has 0 radical (unpaired) electrons. The summed E-state index contributed by atoms with van der Waals surface area (Å²) in [5, 5.41) is 3.44. The van der Waals surface area contributed by atoms with Crippen molar-refractivity contribution < 1.29 is 9.47 Å². The average Bonchev–Trinajstić information content (AvgIpc) is 2.65. The van der Waals surface area contributed by atoms with E-state index in [1.165, 1.54) is 11.1 Å². The Morgan fingerprint density at radius 2 is 1.84 bits per heavy atom. The number of benzene rings is 1. The number of rotatable bonds is 8. The lowest BCUT2D eigenvalue weighted by atomic mass is 10.1. The summed E-state index contributed by atoms with van der Waals surface area (Å²) in [6, 6.07) is 8.40. The smallest absolute Gasteiger partial charge is 0.194 e. The Kier molecular flexibility index (Phi) is 8.77. The number of hydrogen-bond donors (Lipinski definition) is 1. The Morgan fingerprint density at radius 3 is 2.48 bits per heavy atom. The van der Waals surface area contributed by atoms with E-state index in [0.29, 0.717) is 19.3 Å². The van der Waals surface area contributed by atoms with Crippen LogP contribution in [0.25, 0.3) is 0 Å².